The highest BCUT2D eigenvalue weighted by Crippen LogP contribution is 2.25. The lowest BCUT2D eigenvalue weighted by molar-refractivity contribution is -0.128. The molecule has 0 aromatic rings. The maximum absolute atomic E-state index is 11.9. The van der Waals surface area contributed by atoms with Gasteiger partial charge in [-0.1, -0.05) is 0 Å². The summed E-state index contributed by atoms with van der Waals surface area (Å²) in [6.07, 6.45) is -1.43. The predicted molar refractivity (Wildman–Crippen MR) is 60.4 cm³/mol. The Morgan fingerprint density at radius 3 is 1.84 bits per heavy atom. The van der Waals surface area contributed by atoms with Crippen LogP contribution in [0.5, 0.6) is 0 Å². The molecule has 1 atom stereocenters. The monoisotopic (exact) mass is 334 g/mol. The van der Waals surface area contributed by atoms with Crippen LogP contribution in [0.4, 0.5) is 0 Å². The van der Waals surface area contributed by atoms with E-state index in [2.05, 4.69) is 7.81 Å². The fourth-order valence-corrected chi connectivity index (χ4v) is 6.45. The summed E-state index contributed by atoms with van der Waals surface area (Å²) in [5, 5.41) is 0. The van der Waals surface area contributed by atoms with E-state index in [-0.39, 0.29) is 12.2 Å². The molecule has 19 heavy (non-hydrogen) atoms. The Labute approximate surface area is 110 Å². The van der Waals surface area contributed by atoms with Crippen molar-refractivity contribution in [2.75, 3.05) is 17.3 Å². The van der Waals surface area contributed by atoms with Crippen LogP contribution >= 0.6 is 0 Å². The molecule has 0 saturated carbocycles. The molecule has 0 aliphatic carbocycles. The molecular weight excluding hydrogens is 324 g/mol. The lowest BCUT2D eigenvalue weighted by atomic mass is 10.0. The van der Waals surface area contributed by atoms with Gasteiger partial charge >= 0.3 is 0 Å². The quantitative estimate of drug-likeness (QED) is 0.524. The minimum Gasteiger partial charge on any atom is -0.296 e. The van der Waals surface area contributed by atoms with Crippen LogP contribution in [0, 0.1) is 5.92 Å². The van der Waals surface area contributed by atoms with E-state index in [1.807, 2.05) is 0 Å². The average molecular weight is 334 g/mol. The molecule has 2 aliphatic rings. The number of carbonyl (C=O) groups excluding carboxylic acids is 1. The molecule has 2 rings (SSSR count). The summed E-state index contributed by atoms with van der Waals surface area (Å²) in [5.41, 5.74) is 0. The lowest BCUT2D eigenvalue weighted by Crippen LogP contribution is -2.42. The molecular formula is C7H10O9S3. The molecule has 2 saturated heterocycles. The Morgan fingerprint density at radius 2 is 1.42 bits per heavy atom. The Kier molecular flexibility index (Phi) is 3.50. The second-order valence-electron chi connectivity index (χ2n) is 4.25. The molecule has 2 aliphatic heterocycles. The van der Waals surface area contributed by atoms with Gasteiger partial charge in [0.25, 0.3) is 30.4 Å². The zero-order valence-corrected chi connectivity index (χ0v) is 11.8. The minimum atomic E-state index is -4.36. The molecule has 0 radical (unpaired) electrons. The van der Waals surface area contributed by atoms with Crippen LogP contribution in [0.2, 0.25) is 0 Å². The largest absolute Gasteiger partial charge is 0.296 e. The molecule has 1 unspecified atom stereocenters. The highest BCUT2D eigenvalue weighted by atomic mass is 32.3. The first-order valence-electron chi connectivity index (χ1n) is 5.11. The smallest absolute Gasteiger partial charge is 0.282 e. The van der Waals surface area contributed by atoms with Gasteiger partial charge in [-0.2, -0.15) is 25.3 Å². The molecule has 2 heterocycles. The van der Waals surface area contributed by atoms with E-state index in [4.69, 9.17) is 0 Å². The van der Waals surface area contributed by atoms with E-state index in [0.29, 0.717) is 0 Å². The van der Waals surface area contributed by atoms with Gasteiger partial charge < -0.3 is 0 Å². The van der Waals surface area contributed by atoms with Crippen LogP contribution in [0.25, 0.3) is 0 Å². The van der Waals surface area contributed by atoms with Gasteiger partial charge in [-0.25, -0.2) is 0 Å². The third-order valence-electron chi connectivity index (χ3n) is 2.63. The van der Waals surface area contributed by atoms with Crippen molar-refractivity contribution in [3.05, 3.63) is 0 Å². The van der Waals surface area contributed by atoms with Gasteiger partial charge in [0.05, 0.1) is 23.2 Å². The maximum atomic E-state index is 11.9. The highest BCUT2D eigenvalue weighted by Gasteiger charge is 2.44. The molecule has 0 aromatic heterocycles. The summed E-state index contributed by atoms with van der Waals surface area (Å²) < 4.78 is 75.3. The van der Waals surface area contributed by atoms with Gasteiger partial charge in [0, 0.05) is 0 Å². The van der Waals surface area contributed by atoms with E-state index >= 15 is 0 Å². The molecule has 0 amide bonds. The van der Waals surface area contributed by atoms with Crippen molar-refractivity contribution in [3.63, 3.8) is 0 Å². The highest BCUT2D eigenvalue weighted by molar-refractivity contribution is 8.00. The number of Topliss-reactive ketones (excluding diaryl/α,β-unsaturated/α-hetero) is 1. The van der Waals surface area contributed by atoms with E-state index in [1.165, 1.54) is 0 Å². The first-order valence-corrected chi connectivity index (χ1v) is 9.84. The van der Waals surface area contributed by atoms with E-state index < -0.39 is 59.7 Å². The number of hydrogen-bond donors (Lipinski definition) is 0. The SMILES string of the molecule is O=C(C1CS(=O)(=O)OS(=O)(=O)C1)C1CCS(=O)(=O)O1. The third kappa shape index (κ3) is 3.51. The number of carbonyl (C=O) groups is 1. The Morgan fingerprint density at radius 1 is 0.895 bits per heavy atom. The second-order valence-corrected chi connectivity index (χ2v) is 9.41. The first-order chi connectivity index (χ1) is 8.50. The normalized spacial score (nSPS) is 32.9. The van der Waals surface area contributed by atoms with Crippen molar-refractivity contribution in [2.45, 2.75) is 12.5 Å². The Bertz CT molecular complexity index is 665. The number of hydrogen-bond acceptors (Lipinski definition) is 9. The zero-order chi connectivity index (χ0) is 14.5. The van der Waals surface area contributed by atoms with Gasteiger partial charge in [-0.3, -0.25) is 8.98 Å². The summed E-state index contributed by atoms with van der Waals surface area (Å²) in [4.78, 5) is 11.9. The van der Waals surface area contributed by atoms with Crippen molar-refractivity contribution in [1.82, 2.24) is 0 Å². The molecule has 2 fully saturated rings. The van der Waals surface area contributed by atoms with Gasteiger partial charge in [0.2, 0.25) is 0 Å². The number of rotatable bonds is 2. The van der Waals surface area contributed by atoms with Crippen LogP contribution in [0.15, 0.2) is 0 Å². The van der Waals surface area contributed by atoms with Gasteiger partial charge in [-0.05, 0) is 6.42 Å². The van der Waals surface area contributed by atoms with Crippen molar-refractivity contribution in [2.24, 2.45) is 5.92 Å². The van der Waals surface area contributed by atoms with Crippen LogP contribution in [-0.4, -0.2) is 54.4 Å². The van der Waals surface area contributed by atoms with Crippen LogP contribution < -0.4 is 0 Å². The molecule has 110 valence electrons. The zero-order valence-electron chi connectivity index (χ0n) is 9.38. The fraction of sp³-hybridized carbons (Fsp3) is 0.857. The molecule has 0 aromatic carbocycles. The molecule has 12 heteroatoms. The summed E-state index contributed by atoms with van der Waals surface area (Å²) in [7, 11) is -12.5. The van der Waals surface area contributed by atoms with Gasteiger partial charge in [0.1, 0.15) is 6.10 Å². The molecule has 0 bridgehead atoms. The molecule has 0 N–H and O–H groups in total. The number of ketones is 1. The summed E-state index contributed by atoms with van der Waals surface area (Å²) >= 11 is 0. The Hall–Kier alpha value is -0.560. The average Bonchev–Trinajstić information content (AvgIpc) is 2.53. The van der Waals surface area contributed by atoms with Crippen molar-refractivity contribution in [1.29, 1.82) is 0 Å². The van der Waals surface area contributed by atoms with Crippen LogP contribution in [0.3, 0.4) is 0 Å². The standard InChI is InChI=1S/C7H10O9S3/c8-7(6-1-2-17(9,10)15-6)5-3-18(11,12)16-19(13,14)4-5/h5-6H,1-4H2. The molecule has 9 nitrogen and oxygen atoms in total. The van der Waals surface area contributed by atoms with E-state index in [9.17, 15) is 30.0 Å². The summed E-state index contributed by atoms with van der Waals surface area (Å²) in [5.74, 6) is -4.18. The van der Waals surface area contributed by atoms with E-state index in [1.54, 1.807) is 0 Å². The lowest BCUT2D eigenvalue weighted by Gasteiger charge is -2.21. The van der Waals surface area contributed by atoms with E-state index in [0.717, 1.165) is 0 Å². The van der Waals surface area contributed by atoms with Gasteiger partial charge in [0.15, 0.2) is 5.78 Å². The Balaban J connectivity index is 2.21. The fourth-order valence-electron chi connectivity index (χ4n) is 1.90. The summed E-state index contributed by atoms with van der Waals surface area (Å²) in [6, 6.07) is 0. The predicted octanol–water partition coefficient (Wildman–Crippen LogP) is -2.02. The topological polar surface area (TPSA) is 138 Å². The van der Waals surface area contributed by atoms with Crippen molar-refractivity contribution >= 4 is 36.1 Å². The van der Waals surface area contributed by atoms with Crippen LogP contribution in [0.1, 0.15) is 6.42 Å². The van der Waals surface area contributed by atoms with Crippen molar-refractivity contribution in [3.8, 4) is 0 Å². The van der Waals surface area contributed by atoms with Crippen LogP contribution in [-0.2, 0) is 43.0 Å². The third-order valence-corrected chi connectivity index (χ3v) is 7.17. The second kappa shape index (κ2) is 4.48. The maximum Gasteiger partial charge on any atom is 0.282 e. The van der Waals surface area contributed by atoms with Crippen molar-refractivity contribution < 1.29 is 37.9 Å². The summed E-state index contributed by atoms with van der Waals surface area (Å²) in [6.45, 7) is 0. The molecule has 0 spiro atoms. The first kappa shape index (κ1) is 14.8. The minimum absolute atomic E-state index is 0.112. The van der Waals surface area contributed by atoms with Gasteiger partial charge in [-0.15, -0.1) is 3.63 Å².